The second kappa shape index (κ2) is 5.43. The van der Waals surface area contributed by atoms with E-state index in [4.69, 9.17) is 5.73 Å². The predicted octanol–water partition coefficient (Wildman–Crippen LogP) is 2.56. The van der Waals surface area contributed by atoms with Crippen molar-refractivity contribution in [1.82, 2.24) is 4.90 Å². The number of benzene rings is 1. The average Bonchev–Trinajstić information content (AvgIpc) is 2.34. The summed E-state index contributed by atoms with van der Waals surface area (Å²) in [6, 6.07) is 7.58. The Morgan fingerprint density at radius 1 is 1.42 bits per heavy atom. The molecule has 1 heterocycles. The van der Waals surface area contributed by atoms with Crippen molar-refractivity contribution < 1.29 is 9.59 Å². The van der Waals surface area contributed by atoms with Gasteiger partial charge in [-0.15, -0.1) is 0 Å². The maximum atomic E-state index is 11.5. The Morgan fingerprint density at radius 2 is 2.05 bits per heavy atom. The maximum Gasteiger partial charge on any atom is 0.321 e. The number of primary amides is 1. The van der Waals surface area contributed by atoms with Gasteiger partial charge in [0, 0.05) is 12.3 Å². The van der Waals surface area contributed by atoms with E-state index in [2.05, 4.69) is 31.2 Å². The van der Waals surface area contributed by atoms with Gasteiger partial charge in [0.05, 0.1) is 6.04 Å². The molecule has 0 saturated carbocycles. The number of likely N-dealkylation sites (tertiary alicyclic amines) is 1. The van der Waals surface area contributed by atoms with Crippen LogP contribution in [0.5, 0.6) is 0 Å². The summed E-state index contributed by atoms with van der Waals surface area (Å²) in [5.74, 6) is 0.0292. The molecular formula is C15H20N2O2. The van der Waals surface area contributed by atoms with Gasteiger partial charge in [-0.2, -0.15) is 0 Å². The molecule has 4 nitrogen and oxygen atoms in total. The first-order valence-electron chi connectivity index (χ1n) is 6.72. The smallest absolute Gasteiger partial charge is 0.321 e. The number of nitrogens with zero attached hydrogens (tertiary/aromatic N) is 1. The van der Waals surface area contributed by atoms with E-state index in [0.717, 1.165) is 12.8 Å². The first-order valence-corrected chi connectivity index (χ1v) is 6.72. The van der Waals surface area contributed by atoms with E-state index >= 15 is 0 Å². The minimum absolute atomic E-state index is 0.0762. The highest BCUT2D eigenvalue weighted by atomic mass is 16.2. The van der Waals surface area contributed by atoms with Crippen LogP contribution in [0.3, 0.4) is 0 Å². The van der Waals surface area contributed by atoms with Gasteiger partial charge in [0.1, 0.15) is 0 Å². The molecule has 1 aromatic carbocycles. The molecule has 1 aromatic rings. The van der Waals surface area contributed by atoms with Gasteiger partial charge < -0.3 is 5.73 Å². The molecule has 0 aliphatic carbocycles. The second-order valence-corrected chi connectivity index (χ2v) is 5.18. The lowest BCUT2D eigenvalue weighted by molar-refractivity contribution is -0.141. The number of urea groups is 1. The van der Waals surface area contributed by atoms with Gasteiger partial charge in [-0.3, -0.25) is 9.69 Å². The van der Waals surface area contributed by atoms with Crippen LogP contribution in [-0.2, 0) is 4.79 Å². The molecule has 3 amide bonds. The van der Waals surface area contributed by atoms with Gasteiger partial charge in [-0.05, 0) is 18.9 Å². The van der Waals surface area contributed by atoms with E-state index < -0.39 is 6.03 Å². The number of imide groups is 1. The number of aryl methyl sites for hydroxylation is 1. The average molecular weight is 260 g/mol. The Balaban J connectivity index is 2.23. The maximum absolute atomic E-state index is 11.5. The van der Waals surface area contributed by atoms with Crippen LogP contribution in [0.25, 0.3) is 0 Å². The zero-order valence-corrected chi connectivity index (χ0v) is 11.4. The van der Waals surface area contributed by atoms with Crippen molar-refractivity contribution in [2.24, 2.45) is 5.73 Å². The Morgan fingerprint density at radius 3 is 2.53 bits per heavy atom. The minimum Gasteiger partial charge on any atom is -0.351 e. The third-order valence-corrected chi connectivity index (χ3v) is 3.79. The van der Waals surface area contributed by atoms with Crippen molar-refractivity contribution in [3.8, 4) is 0 Å². The summed E-state index contributed by atoms with van der Waals surface area (Å²) in [6.45, 7) is 4.15. The molecule has 2 rings (SSSR count). The topological polar surface area (TPSA) is 63.4 Å². The highest BCUT2D eigenvalue weighted by Crippen LogP contribution is 2.36. The van der Waals surface area contributed by atoms with E-state index in [9.17, 15) is 9.59 Å². The van der Waals surface area contributed by atoms with Crippen LogP contribution >= 0.6 is 0 Å². The number of amides is 3. The molecule has 2 unspecified atom stereocenters. The fourth-order valence-corrected chi connectivity index (χ4v) is 2.76. The van der Waals surface area contributed by atoms with Crippen molar-refractivity contribution in [1.29, 1.82) is 0 Å². The largest absolute Gasteiger partial charge is 0.351 e. The van der Waals surface area contributed by atoms with E-state index in [1.807, 2.05) is 6.92 Å². The molecule has 1 aliphatic heterocycles. The van der Waals surface area contributed by atoms with Crippen molar-refractivity contribution in [2.75, 3.05) is 0 Å². The van der Waals surface area contributed by atoms with Crippen molar-refractivity contribution in [3.05, 3.63) is 35.4 Å². The molecule has 0 spiro atoms. The van der Waals surface area contributed by atoms with Crippen molar-refractivity contribution in [2.45, 2.75) is 45.1 Å². The van der Waals surface area contributed by atoms with Crippen LogP contribution in [-0.4, -0.2) is 22.9 Å². The molecule has 1 aliphatic rings. The number of hydrogen-bond donors (Lipinski definition) is 1. The summed E-state index contributed by atoms with van der Waals surface area (Å²) in [7, 11) is 0. The lowest BCUT2D eigenvalue weighted by Gasteiger charge is -2.42. The highest BCUT2D eigenvalue weighted by molar-refractivity contribution is 5.99. The molecule has 0 bridgehead atoms. The zero-order chi connectivity index (χ0) is 14.0. The predicted molar refractivity (Wildman–Crippen MR) is 73.7 cm³/mol. The summed E-state index contributed by atoms with van der Waals surface area (Å²) in [4.78, 5) is 24.0. The van der Waals surface area contributed by atoms with Gasteiger partial charge in [0.15, 0.2) is 0 Å². The monoisotopic (exact) mass is 260 g/mol. The molecule has 0 aromatic heterocycles. The number of hydrogen-bond acceptors (Lipinski definition) is 2. The molecule has 1 saturated heterocycles. The number of carbonyl (C=O) groups excluding carboxylic acids is 2. The molecule has 19 heavy (non-hydrogen) atoms. The Hall–Kier alpha value is -1.84. The lowest BCUT2D eigenvalue weighted by atomic mass is 9.81. The summed E-state index contributed by atoms with van der Waals surface area (Å²) < 4.78 is 0. The van der Waals surface area contributed by atoms with Crippen LogP contribution in [0, 0.1) is 6.92 Å². The van der Waals surface area contributed by atoms with Crippen LogP contribution in [0.15, 0.2) is 24.3 Å². The first kappa shape index (κ1) is 13.6. The standard InChI is InChI=1S/C15H20N2O2/c1-3-4-12(11-7-5-10(2)6-8-11)13-9-14(18)17(13)15(16)19/h5-8,12-13H,3-4,9H2,1-2H3,(H2,16,19). The molecule has 1 fully saturated rings. The molecule has 102 valence electrons. The Bertz CT molecular complexity index is 473. The van der Waals surface area contributed by atoms with Crippen LogP contribution in [0.2, 0.25) is 0 Å². The molecule has 4 heteroatoms. The fraction of sp³-hybridized carbons (Fsp3) is 0.467. The van der Waals surface area contributed by atoms with E-state index in [1.165, 1.54) is 16.0 Å². The second-order valence-electron chi connectivity index (χ2n) is 5.18. The summed E-state index contributed by atoms with van der Waals surface area (Å²) in [5.41, 5.74) is 7.66. The number of carbonyl (C=O) groups is 2. The lowest BCUT2D eigenvalue weighted by Crippen LogP contribution is -2.59. The highest BCUT2D eigenvalue weighted by Gasteiger charge is 2.44. The summed E-state index contributed by atoms with van der Waals surface area (Å²) in [5, 5.41) is 0. The van der Waals surface area contributed by atoms with E-state index in [0.29, 0.717) is 6.42 Å². The van der Waals surface area contributed by atoms with Gasteiger partial charge in [0.2, 0.25) is 5.91 Å². The molecule has 0 radical (unpaired) electrons. The number of β-lactam (4-membered cyclic amide) rings is 1. The number of rotatable bonds is 4. The molecule has 2 N–H and O–H groups in total. The minimum atomic E-state index is -0.630. The first-order chi connectivity index (χ1) is 9.04. The van der Waals surface area contributed by atoms with Gasteiger partial charge in [-0.25, -0.2) is 4.79 Å². The van der Waals surface area contributed by atoms with Crippen molar-refractivity contribution in [3.63, 3.8) is 0 Å². The third kappa shape index (κ3) is 2.62. The third-order valence-electron chi connectivity index (χ3n) is 3.79. The summed E-state index contributed by atoms with van der Waals surface area (Å²) in [6.07, 6.45) is 2.38. The zero-order valence-electron chi connectivity index (χ0n) is 11.4. The Labute approximate surface area is 113 Å². The Kier molecular flexibility index (Phi) is 3.88. The van der Waals surface area contributed by atoms with Crippen molar-refractivity contribution >= 4 is 11.9 Å². The van der Waals surface area contributed by atoms with Gasteiger partial charge in [-0.1, -0.05) is 43.2 Å². The van der Waals surface area contributed by atoms with E-state index in [-0.39, 0.29) is 17.9 Å². The summed E-state index contributed by atoms with van der Waals surface area (Å²) >= 11 is 0. The van der Waals surface area contributed by atoms with Gasteiger partial charge in [0.25, 0.3) is 0 Å². The number of nitrogens with two attached hydrogens (primary N) is 1. The molecular weight excluding hydrogens is 240 g/mol. The van der Waals surface area contributed by atoms with Crippen LogP contribution in [0.1, 0.15) is 43.2 Å². The van der Waals surface area contributed by atoms with Crippen LogP contribution < -0.4 is 5.73 Å². The molecule has 2 atom stereocenters. The van der Waals surface area contributed by atoms with E-state index in [1.54, 1.807) is 0 Å². The van der Waals surface area contributed by atoms with Crippen LogP contribution in [0.4, 0.5) is 4.79 Å². The normalized spacial score (nSPS) is 20.0. The SMILES string of the molecule is CCCC(c1ccc(C)cc1)C1CC(=O)N1C(N)=O. The fourth-order valence-electron chi connectivity index (χ4n) is 2.76. The van der Waals surface area contributed by atoms with Gasteiger partial charge >= 0.3 is 6.03 Å². The quantitative estimate of drug-likeness (QED) is 0.846.